The summed E-state index contributed by atoms with van der Waals surface area (Å²) in [5.74, 6) is -0.884. The molecule has 0 unspecified atom stereocenters. The Kier molecular flexibility index (Phi) is 5.82. The summed E-state index contributed by atoms with van der Waals surface area (Å²) < 4.78 is 37.7. The second kappa shape index (κ2) is 7.14. The van der Waals surface area contributed by atoms with Crippen molar-refractivity contribution in [1.29, 1.82) is 0 Å². The fourth-order valence-corrected chi connectivity index (χ4v) is 1.69. The van der Waals surface area contributed by atoms with Crippen LogP contribution in [0, 0.1) is 0 Å². The van der Waals surface area contributed by atoms with Gasteiger partial charge in [0, 0.05) is 12.2 Å². The van der Waals surface area contributed by atoms with Crippen molar-refractivity contribution in [3.8, 4) is 0 Å². The third-order valence-electron chi connectivity index (χ3n) is 2.71. The van der Waals surface area contributed by atoms with E-state index in [9.17, 15) is 18.0 Å². The van der Waals surface area contributed by atoms with Gasteiger partial charge in [-0.05, 0) is 37.7 Å². The molecule has 20 heavy (non-hydrogen) atoms. The Morgan fingerprint density at radius 2 is 2.00 bits per heavy atom. The Balaban J connectivity index is 2.78. The molecule has 1 aromatic rings. The number of anilines is 1. The van der Waals surface area contributed by atoms with Crippen LogP contribution in [0.3, 0.4) is 0 Å². The first kappa shape index (κ1) is 16.3. The quantitative estimate of drug-likeness (QED) is 0.674. The topological polar surface area (TPSA) is 67.2 Å². The summed E-state index contributed by atoms with van der Waals surface area (Å²) in [7, 11) is 0. The number of benzene rings is 1. The molecule has 1 rings (SSSR count). The summed E-state index contributed by atoms with van der Waals surface area (Å²) in [5, 5.41) is 6.04. The summed E-state index contributed by atoms with van der Waals surface area (Å²) in [6.07, 6.45) is -3.71. The highest BCUT2D eigenvalue weighted by Gasteiger charge is 2.31. The van der Waals surface area contributed by atoms with E-state index in [4.69, 9.17) is 5.73 Å². The van der Waals surface area contributed by atoms with Gasteiger partial charge in [-0.1, -0.05) is 6.92 Å². The molecule has 0 aromatic heterocycles. The first-order chi connectivity index (χ1) is 9.36. The maximum atomic E-state index is 12.6. The van der Waals surface area contributed by atoms with Crippen molar-refractivity contribution in [1.82, 2.24) is 5.32 Å². The molecule has 4 nitrogen and oxygen atoms in total. The Labute approximate surface area is 115 Å². The smallest absolute Gasteiger partial charge is 0.384 e. The van der Waals surface area contributed by atoms with Crippen molar-refractivity contribution < 1.29 is 18.0 Å². The summed E-state index contributed by atoms with van der Waals surface area (Å²) in [5.41, 5.74) is 4.41. The van der Waals surface area contributed by atoms with Crippen LogP contribution >= 0.6 is 0 Å². The summed E-state index contributed by atoms with van der Waals surface area (Å²) in [6, 6.07) is 2.93. The molecule has 0 atom stereocenters. The van der Waals surface area contributed by atoms with Crippen LogP contribution in [0.15, 0.2) is 18.2 Å². The normalized spacial score (nSPS) is 11.4. The number of rotatable bonds is 7. The lowest BCUT2D eigenvalue weighted by atomic mass is 10.1. The van der Waals surface area contributed by atoms with Crippen molar-refractivity contribution in [2.45, 2.75) is 19.5 Å². The molecule has 0 spiro atoms. The Morgan fingerprint density at radius 3 is 2.55 bits per heavy atom. The van der Waals surface area contributed by atoms with Gasteiger partial charge in [0.25, 0.3) is 5.91 Å². The van der Waals surface area contributed by atoms with E-state index < -0.39 is 17.6 Å². The molecule has 0 saturated heterocycles. The molecule has 0 saturated carbocycles. The standard InChI is InChI=1S/C13H18F3N3O/c1-2-18-6-3-7-19-11-5-4-9(13(14,15)16)8-10(11)12(17)20/h4-5,8,18-19H,2-3,6-7H2,1H3,(H2,17,20). The molecule has 1 amide bonds. The molecule has 0 heterocycles. The molecule has 0 aliphatic rings. The van der Waals surface area contributed by atoms with Crippen LogP contribution in [-0.4, -0.2) is 25.5 Å². The van der Waals surface area contributed by atoms with Crippen molar-refractivity contribution in [2.24, 2.45) is 5.73 Å². The van der Waals surface area contributed by atoms with Crippen LogP contribution < -0.4 is 16.4 Å². The lowest BCUT2D eigenvalue weighted by molar-refractivity contribution is -0.137. The van der Waals surface area contributed by atoms with Gasteiger partial charge in [-0.25, -0.2) is 0 Å². The number of nitrogens with one attached hydrogen (secondary N) is 2. The van der Waals surface area contributed by atoms with E-state index in [1.54, 1.807) is 0 Å². The van der Waals surface area contributed by atoms with Crippen LogP contribution in [0.25, 0.3) is 0 Å². The van der Waals surface area contributed by atoms with Crippen LogP contribution in [0.2, 0.25) is 0 Å². The van der Waals surface area contributed by atoms with E-state index in [1.807, 2.05) is 6.92 Å². The van der Waals surface area contributed by atoms with E-state index in [2.05, 4.69) is 10.6 Å². The third-order valence-corrected chi connectivity index (χ3v) is 2.71. The lowest BCUT2D eigenvalue weighted by Gasteiger charge is -2.13. The summed E-state index contributed by atoms with van der Waals surface area (Å²) in [6.45, 7) is 4.16. The van der Waals surface area contributed by atoms with Gasteiger partial charge < -0.3 is 16.4 Å². The van der Waals surface area contributed by atoms with Gasteiger partial charge in [-0.2, -0.15) is 13.2 Å². The maximum Gasteiger partial charge on any atom is 0.416 e. The number of primary amides is 1. The van der Waals surface area contributed by atoms with Crippen LogP contribution in [-0.2, 0) is 6.18 Å². The summed E-state index contributed by atoms with van der Waals surface area (Å²) in [4.78, 5) is 11.2. The SMILES string of the molecule is CCNCCCNc1ccc(C(F)(F)F)cc1C(N)=O. The molecule has 0 aliphatic carbocycles. The first-order valence-corrected chi connectivity index (χ1v) is 6.32. The van der Waals surface area contributed by atoms with Gasteiger partial charge in [-0.15, -0.1) is 0 Å². The molecule has 7 heteroatoms. The second-order valence-electron chi connectivity index (χ2n) is 4.26. The zero-order valence-corrected chi connectivity index (χ0v) is 11.2. The molecular weight excluding hydrogens is 271 g/mol. The average molecular weight is 289 g/mol. The van der Waals surface area contributed by atoms with Gasteiger partial charge in [0.1, 0.15) is 0 Å². The van der Waals surface area contributed by atoms with Gasteiger partial charge in [0.15, 0.2) is 0 Å². The number of hydrogen-bond donors (Lipinski definition) is 3. The monoisotopic (exact) mass is 289 g/mol. The van der Waals surface area contributed by atoms with E-state index in [-0.39, 0.29) is 5.56 Å². The van der Waals surface area contributed by atoms with Crippen molar-refractivity contribution in [3.63, 3.8) is 0 Å². The molecule has 0 aliphatic heterocycles. The molecule has 4 N–H and O–H groups in total. The number of halogens is 3. The highest BCUT2D eigenvalue weighted by atomic mass is 19.4. The average Bonchev–Trinajstić information content (AvgIpc) is 2.37. The Morgan fingerprint density at radius 1 is 1.30 bits per heavy atom. The fourth-order valence-electron chi connectivity index (χ4n) is 1.69. The van der Waals surface area contributed by atoms with Gasteiger partial charge in [0.2, 0.25) is 0 Å². The van der Waals surface area contributed by atoms with Crippen molar-refractivity contribution in [3.05, 3.63) is 29.3 Å². The largest absolute Gasteiger partial charge is 0.416 e. The Bertz CT molecular complexity index is 461. The zero-order chi connectivity index (χ0) is 15.2. The molecule has 112 valence electrons. The molecule has 0 radical (unpaired) electrons. The van der Waals surface area contributed by atoms with Gasteiger partial charge >= 0.3 is 6.18 Å². The lowest BCUT2D eigenvalue weighted by Crippen LogP contribution is -2.19. The number of hydrogen-bond acceptors (Lipinski definition) is 3. The second-order valence-corrected chi connectivity index (χ2v) is 4.26. The number of nitrogens with two attached hydrogens (primary N) is 1. The number of alkyl halides is 3. The van der Waals surface area contributed by atoms with Gasteiger partial charge in [0.05, 0.1) is 11.1 Å². The van der Waals surface area contributed by atoms with E-state index in [0.29, 0.717) is 12.2 Å². The third kappa shape index (κ3) is 4.73. The molecule has 0 bridgehead atoms. The van der Waals surface area contributed by atoms with E-state index in [1.165, 1.54) is 6.07 Å². The van der Waals surface area contributed by atoms with Crippen LogP contribution in [0.5, 0.6) is 0 Å². The minimum Gasteiger partial charge on any atom is -0.384 e. The predicted octanol–water partition coefficient (Wildman–Crippen LogP) is 2.22. The molecule has 0 fully saturated rings. The zero-order valence-electron chi connectivity index (χ0n) is 11.2. The fraction of sp³-hybridized carbons (Fsp3) is 0.462. The minimum atomic E-state index is -4.49. The molecular formula is C13H18F3N3O. The predicted molar refractivity (Wildman–Crippen MR) is 71.6 cm³/mol. The minimum absolute atomic E-state index is 0.150. The van der Waals surface area contributed by atoms with E-state index in [0.717, 1.165) is 31.6 Å². The molecule has 1 aromatic carbocycles. The van der Waals surface area contributed by atoms with Crippen molar-refractivity contribution in [2.75, 3.05) is 25.0 Å². The Hall–Kier alpha value is -1.76. The van der Waals surface area contributed by atoms with E-state index >= 15 is 0 Å². The number of carbonyl (C=O) groups is 1. The highest BCUT2D eigenvalue weighted by molar-refractivity contribution is 5.98. The van der Waals surface area contributed by atoms with Crippen LogP contribution in [0.1, 0.15) is 29.3 Å². The highest BCUT2D eigenvalue weighted by Crippen LogP contribution is 2.31. The summed E-state index contributed by atoms with van der Waals surface area (Å²) >= 11 is 0. The van der Waals surface area contributed by atoms with Crippen molar-refractivity contribution >= 4 is 11.6 Å². The number of amides is 1. The first-order valence-electron chi connectivity index (χ1n) is 6.32. The maximum absolute atomic E-state index is 12.6. The van der Waals surface area contributed by atoms with Gasteiger partial charge in [-0.3, -0.25) is 4.79 Å². The van der Waals surface area contributed by atoms with Crippen LogP contribution in [0.4, 0.5) is 18.9 Å². The number of carbonyl (C=O) groups excluding carboxylic acids is 1.